The van der Waals surface area contributed by atoms with Crippen LogP contribution in [0.1, 0.15) is 5.56 Å². The molecular weight excluding hydrogens is 444 g/mol. The first-order valence-electron chi connectivity index (χ1n) is 10.7. The quantitative estimate of drug-likeness (QED) is 0.397. The molecule has 0 fully saturated rings. The summed E-state index contributed by atoms with van der Waals surface area (Å²) >= 11 is 0. The zero-order valence-electron chi connectivity index (χ0n) is 18.3. The van der Waals surface area contributed by atoms with E-state index in [1.54, 1.807) is 48.5 Å². The van der Waals surface area contributed by atoms with Crippen LogP contribution in [0.25, 0.3) is 28.0 Å². The predicted octanol–water partition coefficient (Wildman–Crippen LogP) is 4.53. The van der Waals surface area contributed by atoms with Gasteiger partial charge in [-0.25, -0.2) is 4.68 Å². The van der Waals surface area contributed by atoms with E-state index in [0.29, 0.717) is 22.2 Å². The number of nitriles is 1. The Labute approximate surface area is 199 Å². The Bertz CT molecular complexity index is 1620. The molecule has 0 aliphatic rings. The van der Waals surface area contributed by atoms with Gasteiger partial charge in [-0.1, -0.05) is 60.7 Å². The fraction of sp³-hybridized carbons (Fsp3) is 0.0370. The van der Waals surface area contributed by atoms with E-state index >= 15 is 0 Å². The average Bonchev–Trinajstić information content (AvgIpc) is 3.31. The van der Waals surface area contributed by atoms with Gasteiger partial charge in [0.1, 0.15) is 17.2 Å². The topological polar surface area (TPSA) is 110 Å². The molecule has 0 saturated carbocycles. The van der Waals surface area contributed by atoms with Crippen LogP contribution in [0.2, 0.25) is 0 Å². The highest BCUT2D eigenvalue weighted by atomic mass is 16.5. The molecule has 0 bridgehead atoms. The molecule has 3 aromatic carbocycles. The second-order valence-corrected chi connectivity index (χ2v) is 7.55. The Morgan fingerprint density at radius 2 is 1.69 bits per heavy atom. The zero-order chi connectivity index (χ0) is 24.2. The van der Waals surface area contributed by atoms with Crippen molar-refractivity contribution in [1.29, 1.82) is 5.26 Å². The second-order valence-electron chi connectivity index (χ2n) is 7.55. The molecule has 0 aliphatic carbocycles. The van der Waals surface area contributed by atoms with Crippen LogP contribution in [-0.4, -0.2) is 22.3 Å². The molecule has 5 rings (SSSR count). The lowest BCUT2D eigenvalue weighted by molar-refractivity contribution is -0.118. The van der Waals surface area contributed by atoms with Crippen molar-refractivity contribution in [3.05, 3.63) is 107 Å². The molecule has 8 heteroatoms. The minimum absolute atomic E-state index is 0.0675. The zero-order valence-corrected chi connectivity index (χ0v) is 18.3. The van der Waals surface area contributed by atoms with Gasteiger partial charge in [0.2, 0.25) is 11.2 Å². The highest BCUT2D eigenvalue weighted by molar-refractivity contribution is 5.93. The van der Waals surface area contributed by atoms with Gasteiger partial charge in [-0.2, -0.15) is 10.4 Å². The van der Waals surface area contributed by atoms with E-state index in [1.807, 2.05) is 42.5 Å². The van der Waals surface area contributed by atoms with Crippen LogP contribution in [-0.2, 0) is 4.79 Å². The molecule has 8 nitrogen and oxygen atoms in total. The normalized spacial score (nSPS) is 10.6. The van der Waals surface area contributed by atoms with Crippen molar-refractivity contribution in [1.82, 2.24) is 9.78 Å². The number of nitrogens with zero attached hydrogens (tertiary/aromatic N) is 3. The summed E-state index contributed by atoms with van der Waals surface area (Å²) < 4.78 is 13.2. The van der Waals surface area contributed by atoms with Crippen molar-refractivity contribution >= 4 is 22.7 Å². The van der Waals surface area contributed by atoms with Gasteiger partial charge in [0.25, 0.3) is 5.91 Å². The number of hydrogen-bond acceptors (Lipinski definition) is 6. The van der Waals surface area contributed by atoms with Crippen LogP contribution in [0.5, 0.6) is 5.75 Å². The molecule has 5 aromatic rings. The first kappa shape index (κ1) is 21.7. The van der Waals surface area contributed by atoms with Crippen molar-refractivity contribution in [3.8, 4) is 28.8 Å². The van der Waals surface area contributed by atoms with Gasteiger partial charge in [0.15, 0.2) is 18.2 Å². The molecule has 1 amide bonds. The van der Waals surface area contributed by atoms with Crippen LogP contribution in [0.15, 0.2) is 100 Å². The van der Waals surface area contributed by atoms with Crippen LogP contribution in [0.4, 0.5) is 5.82 Å². The van der Waals surface area contributed by atoms with Gasteiger partial charge in [-0.15, -0.1) is 0 Å². The van der Waals surface area contributed by atoms with Crippen molar-refractivity contribution in [3.63, 3.8) is 0 Å². The third-order valence-electron chi connectivity index (χ3n) is 5.29. The molecule has 0 spiro atoms. The van der Waals surface area contributed by atoms with E-state index in [2.05, 4.69) is 10.4 Å². The van der Waals surface area contributed by atoms with Gasteiger partial charge >= 0.3 is 0 Å². The molecule has 2 heterocycles. The molecule has 0 radical (unpaired) electrons. The number of ether oxygens (including phenoxy) is 1. The fourth-order valence-corrected chi connectivity index (χ4v) is 3.66. The average molecular weight is 462 g/mol. The maximum Gasteiger partial charge on any atom is 0.263 e. The molecular formula is C27H18N4O4. The molecule has 2 aromatic heterocycles. The largest absolute Gasteiger partial charge is 0.476 e. The summed E-state index contributed by atoms with van der Waals surface area (Å²) in [6.07, 6.45) is 1.37. The van der Waals surface area contributed by atoms with Crippen LogP contribution in [0.3, 0.4) is 0 Å². The monoisotopic (exact) mass is 462 g/mol. The van der Waals surface area contributed by atoms with Crippen LogP contribution < -0.4 is 15.5 Å². The summed E-state index contributed by atoms with van der Waals surface area (Å²) in [5, 5.41) is 16.7. The van der Waals surface area contributed by atoms with Gasteiger partial charge in [0.05, 0.1) is 17.3 Å². The van der Waals surface area contributed by atoms with Crippen molar-refractivity contribution in [2.24, 2.45) is 0 Å². The maximum absolute atomic E-state index is 13.2. The number of nitrogens with one attached hydrogen (secondary N) is 1. The predicted molar refractivity (Wildman–Crippen MR) is 130 cm³/mol. The van der Waals surface area contributed by atoms with E-state index in [4.69, 9.17) is 9.15 Å². The number of para-hydroxylation sites is 2. The van der Waals surface area contributed by atoms with E-state index in [9.17, 15) is 14.9 Å². The van der Waals surface area contributed by atoms with Gasteiger partial charge in [-0.3, -0.25) is 9.59 Å². The summed E-state index contributed by atoms with van der Waals surface area (Å²) in [7, 11) is 0. The summed E-state index contributed by atoms with van der Waals surface area (Å²) in [6, 6.07) is 27.0. The molecule has 0 unspecified atom stereocenters. The third kappa shape index (κ3) is 4.26. The molecule has 35 heavy (non-hydrogen) atoms. The lowest BCUT2D eigenvalue weighted by Gasteiger charge is -2.13. The van der Waals surface area contributed by atoms with Crippen LogP contribution >= 0.6 is 0 Å². The van der Waals surface area contributed by atoms with E-state index in [-0.39, 0.29) is 28.3 Å². The molecule has 0 aliphatic heterocycles. The summed E-state index contributed by atoms with van der Waals surface area (Å²) in [6.45, 7) is -0.478. The van der Waals surface area contributed by atoms with Gasteiger partial charge < -0.3 is 14.5 Å². The highest BCUT2D eigenvalue weighted by Crippen LogP contribution is 2.30. The number of carbonyl (C=O) groups excluding carboxylic acids is 1. The van der Waals surface area contributed by atoms with Crippen LogP contribution in [0, 0.1) is 11.3 Å². The molecule has 170 valence electrons. The number of anilines is 1. The highest BCUT2D eigenvalue weighted by Gasteiger charge is 2.20. The van der Waals surface area contributed by atoms with Crippen molar-refractivity contribution in [2.45, 2.75) is 0 Å². The number of benzene rings is 3. The standard InChI is InChI=1S/C27H18N4O4/c28-15-19-16-29-31(20-11-5-2-6-12-20)27(19)30-23(32)17-34-26-24(33)21-13-7-8-14-22(21)35-25(26)18-9-3-1-4-10-18/h1-14,16H,17H2,(H,30,32). The molecule has 1 N–H and O–H groups in total. The summed E-state index contributed by atoms with van der Waals surface area (Å²) in [5.41, 5.74) is 1.54. The Hall–Kier alpha value is -5.16. The number of hydrogen-bond donors (Lipinski definition) is 1. The Morgan fingerprint density at radius 1 is 1.00 bits per heavy atom. The number of aromatic nitrogens is 2. The number of rotatable bonds is 6. The second kappa shape index (κ2) is 9.37. The fourth-order valence-electron chi connectivity index (χ4n) is 3.66. The first-order valence-corrected chi connectivity index (χ1v) is 10.7. The lowest BCUT2D eigenvalue weighted by atomic mass is 10.1. The van der Waals surface area contributed by atoms with Crippen molar-refractivity contribution < 1.29 is 13.9 Å². The first-order chi connectivity index (χ1) is 17.2. The minimum atomic E-state index is -0.564. The SMILES string of the molecule is N#Cc1cnn(-c2ccccc2)c1NC(=O)COc1c(-c2ccccc2)oc2ccccc2c1=O. The van der Waals surface area contributed by atoms with E-state index < -0.39 is 12.5 Å². The van der Waals surface area contributed by atoms with E-state index in [0.717, 1.165) is 0 Å². The Kier molecular flexibility index (Phi) is 5.80. The lowest BCUT2D eigenvalue weighted by Crippen LogP contribution is -2.24. The molecule has 0 saturated heterocycles. The third-order valence-corrected chi connectivity index (χ3v) is 5.29. The summed E-state index contributed by atoms with van der Waals surface area (Å²) in [5.74, 6) is -0.192. The number of carbonyl (C=O) groups is 1. The number of amides is 1. The Balaban J connectivity index is 1.46. The van der Waals surface area contributed by atoms with Crippen molar-refractivity contribution in [2.75, 3.05) is 11.9 Å². The summed E-state index contributed by atoms with van der Waals surface area (Å²) in [4.78, 5) is 26.1. The maximum atomic E-state index is 13.2. The Morgan fingerprint density at radius 3 is 2.43 bits per heavy atom. The van der Waals surface area contributed by atoms with Gasteiger partial charge in [-0.05, 0) is 24.3 Å². The van der Waals surface area contributed by atoms with E-state index in [1.165, 1.54) is 10.9 Å². The molecule has 0 atom stereocenters. The smallest absolute Gasteiger partial charge is 0.263 e. The minimum Gasteiger partial charge on any atom is -0.476 e. The van der Waals surface area contributed by atoms with Gasteiger partial charge in [0, 0.05) is 5.56 Å². The number of fused-ring (bicyclic) bond motifs is 1.